The summed E-state index contributed by atoms with van der Waals surface area (Å²) < 4.78 is 0. The zero-order chi connectivity index (χ0) is 15.7. The summed E-state index contributed by atoms with van der Waals surface area (Å²) in [5.41, 5.74) is 2.20. The van der Waals surface area contributed by atoms with Crippen LogP contribution < -0.4 is 4.90 Å². The van der Waals surface area contributed by atoms with Gasteiger partial charge in [0.1, 0.15) is 11.6 Å². The molecule has 2 fully saturated rings. The number of hydrogen-bond donors (Lipinski definition) is 0. The number of anilines is 1. The van der Waals surface area contributed by atoms with Crippen LogP contribution in [0.2, 0.25) is 0 Å². The Bertz CT molecular complexity index is 558. The molecule has 5 nitrogen and oxygen atoms in total. The van der Waals surface area contributed by atoms with E-state index >= 15 is 0 Å². The molecule has 2 aliphatic rings. The fraction of sp³-hybridized carbons (Fsp3) is 0.706. The summed E-state index contributed by atoms with van der Waals surface area (Å²) in [4.78, 5) is 25.9. The summed E-state index contributed by atoms with van der Waals surface area (Å²) in [7, 11) is 0. The first-order chi connectivity index (χ1) is 10.6. The molecule has 2 heterocycles. The lowest BCUT2D eigenvalue weighted by atomic mass is 10.1. The lowest BCUT2D eigenvalue weighted by molar-refractivity contribution is -0.135. The molecular weight excluding hydrogens is 276 g/mol. The number of carbonyl (C=O) groups excluding carboxylic acids is 1. The highest BCUT2D eigenvalue weighted by molar-refractivity contribution is 5.79. The molecule has 1 saturated heterocycles. The molecule has 1 amide bonds. The van der Waals surface area contributed by atoms with Gasteiger partial charge in [0.2, 0.25) is 5.91 Å². The van der Waals surface area contributed by atoms with E-state index in [1.807, 2.05) is 13.8 Å². The van der Waals surface area contributed by atoms with Crippen molar-refractivity contribution in [2.45, 2.75) is 46.5 Å². The van der Waals surface area contributed by atoms with Gasteiger partial charge in [-0.05, 0) is 33.6 Å². The Hall–Kier alpha value is -1.65. The smallest absolute Gasteiger partial charge is 0.225 e. The molecule has 1 aliphatic heterocycles. The van der Waals surface area contributed by atoms with Crippen LogP contribution in [0.15, 0.2) is 0 Å². The quantitative estimate of drug-likeness (QED) is 0.840. The van der Waals surface area contributed by atoms with Crippen LogP contribution in [0.5, 0.6) is 0 Å². The van der Waals surface area contributed by atoms with Gasteiger partial charge in [-0.2, -0.15) is 0 Å². The average molecular weight is 302 g/mol. The Labute approximate surface area is 132 Å². The normalized spacial score (nSPS) is 19.8. The number of aryl methyl sites for hydroxylation is 2. The van der Waals surface area contributed by atoms with E-state index < -0.39 is 0 Å². The van der Waals surface area contributed by atoms with E-state index in [2.05, 4.69) is 26.7 Å². The third kappa shape index (κ3) is 2.94. The maximum atomic E-state index is 12.5. The van der Waals surface area contributed by atoms with E-state index in [4.69, 9.17) is 0 Å². The molecular formula is C17H26N4O. The number of piperazine rings is 1. The third-order valence-corrected chi connectivity index (χ3v) is 5.07. The second-order valence-corrected chi connectivity index (χ2v) is 6.60. The molecule has 0 bridgehead atoms. The van der Waals surface area contributed by atoms with Crippen molar-refractivity contribution in [2.24, 2.45) is 5.92 Å². The maximum absolute atomic E-state index is 12.5. The molecule has 1 aromatic heterocycles. The highest BCUT2D eigenvalue weighted by atomic mass is 16.2. The molecule has 0 unspecified atom stereocenters. The molecule has 0 spiro atoms. The summed E-state index contributed by atoms with van der Waals surface area (Å²) in [5, 5.41) is 0. The second-order valence-electron chi connectivity index (χ2n) is 6.60. The van der Waals surface area contributed by atoms with E-state index in [0.717, 1.165) is 61.9 Å². The molecule has 5 heteroatoms. The van der Waals surface area contributed by atoms with Gasteiger partial charge in [0, 0.05) is 43.4 Å². The van der Waals surface area contributed by atoms with Crippen LogP contribution in [0.25, 0.3) is 0 Å². The molecule has 22 heavy (non-hydrogen) atoms. The Balaban J connectivity index is 1.65. The number of amides is 1. The van der Waals surface area contributed by atoms with Crippen molar-refractivity contribution in [1.82, 2.24) is 14.9 Å². The van der Waals surface area contributed by atoms with Crippen molar-refractivity contribution in [3.63, 3.8) is 0 Å². The van der Waals surface area contributed by atoms with Crippen molar-refractivity contribution >= 4 is 11.7 Å². The minimum absolute atomic E-state index is 0.289. The second kappa shape index (κ2) is 6.23. The van der Waals surface area contributed by atoms with E-state index in [1.54, 1.807) is 0 Å². The van der Waals surface area contributed by atoms with Gasteiger partial charge in [0.25, 0.3) is 0 Å². The van der Waals surface area contributed by atoms with Gasteiger partial charge in [0.15, 0.2) is 0 Å². The predicted octanol–water partition coefficient (Wildman–Crippen LogP) is 2.24. The molecule has 0 N–H and O–H groups in total. The highest BCUT2D eigenvalue weighted by Crippen LogP contribution is 2.27. The van der Waals surface area contributed by atoms with Gasteiger partial charge in [-0.25, -0.2) is 9.97 Å². The van der Waals surface area contributed by atoms with Crippen LogP contribution in [0.4, 0.5) is 5.82 Å². The van der Waals surface area contributed by atoms with Crippen molar-refractivity contribution in [1.29, 1.82) is 0 Å². The monoisotopic (exact) mass is 302 g/mol. The number of rotatable bonds is 2. The van der Waals surface area contributed by atoms with Gasteiger partial charge in [-0.15, -0.1) is 0 Å². The number of aromatic nitrogens is 2. The van der Waals surface area contributed by atoms with E-state index in [9.17, 15) is 4.79 Å². The topological polar surface area (TPSA) is 49.3 Å². The highest BCUT2D eigenvalue weighted by Gasteiger charge is 2.30. The van der Waals surface area contributed by atoms with Gasteiger partial charge in [-0.1, -0.05) is 12.8 Å². The fourth-order valence-corrected chi connectivity index (χ4v) is 3.63. The summed E-state index contributed by atoms with van der Waals surface area (Å²) in [6.07, 6.45) is 4.61. The number of nitrogens with zero attached hydrogens (tertiary/aromatic N) is 4. The van der Waals surface area contributed by atoms with E-state index in [-0.39, 0.29) is 5.92 Å². The van der Waals surface area contributed by atoms with Crippen molar-refractivity contribution in [2.75, 3.05) is 31.1 Å². The van der Waals surface area contributed by atoms with Crippen molar-refractivity contribution < 1.29 is 4.79 Å². The number of hydrogen-bond acceptors (Lipinski definition) is 4. The zero-order valence-corrected chi connectivity index (χ0v) is 13.9. The Morgan fingerprint density at radius 3 is 2.27 bits per heavy atom. The Kier molecular flexibility index (Phi) is 4.32. The largest absolute Gasteiger partial charge is 0.353 e. The van der Waals surface area contributed by atoms with Crippen LogP contribution in [-0.2, 0) is 4.79 Å². The third-order valence-electron chi connectivity index (χ3n) is 5.07. The predicted molar refractivity (Wildman–Crippen MR) is 87.0 cm³/mol. The van der Waals surface area contributed by atoms with Crippen LogP contribution in [0.3, 0.4) is 0 Å². The molecule has 120 valence electrons. The van der Waals surface area contributed by atoms with Crippen LogP contribution in [0, 0.1) is 26.7 Å². The summed E-state index contributed by atoms with van der Waals surface area (Å²) in [5.74, 6) is 2.53. The summed E-state index contributed by atoms with van der Waals surface area (Å²) >= 11 is 0. The summed E-state index contributed by atoms with van der Waals surface area (Å²) in [6, 6.07) is 0. The Morgan fingerprint density at radius 2 is 1.64 bits per heavy atom. The molecule has 3 rings (SSSR count). The van der Waals surface area contributed by atoms with E-state index in [0.29, 0.717) is 5.91 Å². The maximum Gasteiger partial charge on any atom is 0.225 e. The SMILES string of the molecule is Cc1nc(C)c(C)c(N2CCN(C(=O)C3CCCC3)CC2)n1. The first-order valence-electron chi connectivity index (χ1n) is 8.42. The van der Waals surface area contributed by atoms with Gasteiger partial charge in [-0.3, -0.25) is 4.79 Å². The lowest BCUT2D eigenvalue weighted by Crippen LogP contribution is -2.50. The van der Waals surface area contributed by atoms with Crippen LogP contribution in [-0.4, -0.2) is 47.0 Å². The molecule has 0 aromatic carbocycles. The molecule has 0 radical (unpaired) electrons. The van der Waals surface area contributed by atoms with Crippen LogP contribution in [0.1, 0.15) is 42.8 Å². The van der Waals surface area contributed by atoms with Crippen LogP contribution >= 0.6 is 0 Å². The molecule has 1 aliphatic carbocycles. The summed E-state index contributed by atoms with van der Waals surface area (Å²) in [6.45, 7) is 9.43. The lowest BCUT2D eigenvalue weighted by Gasteiger charge is -2.37. The van der Waals surface area contributed by atoms with Gasteiger partial charge < -0.3 is 9.80 Å². The molecule has 0 atom stereocenters. The molecule has 1 aromatic rings. The first-order valence-corrected chi connectivity index (χ1v) is 8.42. The van der Waals surface area contributed by atoms with Gasteiger partial charge in [0.05, 0.1) is 0 Å². The van der Waals surface area contributed by atoms with Crippen molar-refractivity contribution in [3.05, 3.63) is 17.1 Å². The van der Waals surface area contributed by atoms with Crippen molar-refractivity contribution in [3.8, 4) is 0 Å². The zero-order valence-electron chi connectivity index (χ0n) is 13.9. The molecule has 1 saturated carbocycles. The standard InChI is InChI=1S/C17H26N4O/c1-12-13(2)18-14(3)19-16(12)20-8-10-21(11-9-20)17(22)15-6-4-5-7-15/h15H,4-11H2,1-3H3. The fourth-order valence-electron chi connectivity index (χ4n) is 3.63. The van der Waals surface area contributed by atoms with Gasteiger partial charge >= 0.3 is 0 Å². The average Bonchev–Trinajstić information content (AvgIpc) is 3.05. The first kappa shape index (κ1) is 15.3. The Morgan fingerprint density at radius 1 is 1.00 bits per heavy atom. The minimum atomic E-state index is 0.289. The number of carbonyl (C=O) groups is 1. The minimum Gasteiger partial charge on any atom is -0.353 e. The van der Waals surface area contributed by atoms with E-state index in [1.165, 1.54) is 12.8 Å².